The maximum atomic E-state index is 13.2. The van der Waals surface area contributed by atoms with Crippen LogP contribution < -0.4 is 5.32 Å². The Morgan fingerprint density at radius 2 is 1.71 bits per heavy atom. The van der Waals surface area contributed by atoms with Crippen molar-refractivity contribution in [1.82, 2.24) is 10.2 Å². The first-order chi connectivity index (χ1) is 9.81. The maximum absolute atomic E-state index is 13.2. The van der Waals surface area contributed by atoms with Gasteiger partial charge in [0.05, 0.1) is 6.04 Å². The van der Waals surface area contributed by atoms with Gasteiger partial charge in [0.15, 0.2) is 0 Å². The summed E-state index contributed by atoms with van der Waals surface area (Å²) < 4.78 is 39.6. The van der Waals surface area contributed by atoms with Gasteiger partial charge in [-0.1, -0.05) is 30.3 Å². The monoisotopic (exact) mass is 302 g/mol. The van der Waals surface area contributed by atoms with Crippen molar-refractivity contribution < 1.29 is 18.0 Å². The molecule has 0 saturated heterocycles. The fraction of sp³-hybridized carbons (Fsp3) is 0.533. The third kappa shape index (κ3) is 4.74. The number of rotatable bonds is 6. The molecule has 2 unspecified atom stereocenters. The van der Waals surface area contributed by atoms with Crippen LogP contribution in [0.4, 0.5) is 13.2 Å². The molecule has 1 rings (SSSR count). The predicted molar refractivity (Wildman–Crippen MR) is 75.8 cm³/mol. The predicted octanol–water partition coefficient (Wildman–Crippen LogP) is 3.14. The van der Waals surface area contributed by atoms with E-state index in [0.29, 0.717) is 13.1 Å². The van der Waals surface area contributed by atoms with Crippen LogP contribution in [0.2, 0.25) is 0 Å². The molecule has 0 aliphatic carbocycles. The molecule has 1 N–H and O–H groups in total. The van der Waals surface area contributed by atoms with Crippen molar-refractivity contribution in [2.45, 2.75) is 39.0 Å². The highest BCUT2D eigenvalue weighted by Crippen LogP contribution is 2.32. The molecule has 0 aromatic heterocycles. The van der Waals surface area contributed by atoms with Crippen LogP contribution in [0.15, 0.2) is 30.3 Å². The molecular formula is C15H21F3N2O. The zero-order valence-electron chi connectivity index (χ0n) is 12.4. The molecule has 0 fully saturated rings. The Hall–Kier alpha value is -1.56. The summed E-state index contributed by atoms with van der Waals surface area (Å²) >= 11 is 0. The van der Waals surface area contributed by atoms with E-state index in [2.05, 4.69) is 5.32 Å². The highest BCUT2D eigenvalue weighted by atomic mass is 19.4. The number of carbonyl (C=O) groups is 1. The molecule has 0 saturated carbocycles. The van der Waals surface area contributed by atoms with Gasteiger partial charge >= 0.3 is 6.18 Å². The number of hydrogen-bond donors (Lipinski definition) is 1. The lowest BCUT2D eigenvalue weighted by Gasteiger charge is -2.28. The Bertz CT molecular complexity index is 444. The molecule has 1 aromatic rings. The number of nitrogens with zero attached hydrogens (tertiary/aromatic N) is 1. The van der Waals surface area contributed by atoms with Crippen LogP contribution in [-0.4, -0.2) is 36.1 Å². The van der Waals surface area contributed by atoms with Gasteiger partial charge in [0.25, 0.3) is 0 Å². The Morgan fingerprint density at radius 1 is 1.19 bits per heavy atom. The minimum absolute atomic E-state index is 0.101. The van der Waals surface area contributed by atoms with Crippen LogP contribution in [0.5, 0.6) is 0 Å². The highest BCUT2D eigenvalue weighted by molar-refractivity contribution is 5.81. The number of nitrogens with one attached hydrogen (secondary N) is 1. The highest BCUT2D eigenvalue weighted by Gasteiger charge is 2.42. The number of hydrogen-bond acceptors (Lipinski definition) is 2. The second-order valence-corrected chi connectivity index (χ2v) is 4.78. The summed E-state index contributed by atoms with van der Waals surface area (Å²) in [5.41, 5.74) is 0.101. The summed E-state index contributed by atoms with van der Waals surface area (Å²) in [6.45, 7) is 6.01. The fourth-order valence-electron chi connectivity index (χ4n) is 2.16. The van der Waals surface area contributed by atoms with Crippen LogP contribution in [0.1, 0.15) is 32.4 Å². The van der Waals surface area contributed by atoms with E-state index in [1.165, 1.54) is 24.0 Å². The number of carbonyl (C=O) groups excluding carboxylic acids is 1. The molecule has 6 heteroatoms. The summed E-state index contributed by atoms with van der Waals surface area (Å²) in [5, 5.41) is 2.41. The van der Waals surface area contributed by atoms with Crippen molar-refractivity contribution in [3.05, 3.63) is 35.9 Å². The smallest absolute Gasteiger partial charge is 0.342 e. The number of benzene rings is 1. The average Bonchev–Trinajstić information content (AvgIpc) is 2.45. The van der Waals surface area contributed by atoms with E-state index in [0.717, 1.165) is 0 Å². The van der Waals surface area contributed by atoms with E-state index in [4.69, 9.17) is 0 Å². The van der Waals surface area contributed by atoms with Crippen LogP contribution >= 0.6 is 0 Å². The standard InChI is InChI=1S/C15H21F3N2O/c1-4-20(5-2)14(21)11(3)19-13(15(16,17)18)12-9-7-6-8-10-12/h6-11,13,19H,4-5H2,1-3H3. The van der Waals surface area contributed by atoms with Crippen LogP contribution in [0.25, 0.3) is 0 Å². The molecule has 3 nitrogen and oxygen atoms in total. The van der Waals surface area contributed by atoms with Gasteiger partial charge in [-0.15, -0.1) is 0 Å². The molecule has 0 radical (unpaired) electrons. The zero-order valence-corrected chi connectivity index (χ0v) is 12.4. The van der Waals surface area contributed by atoms with Crippen LogP contribution in [0, 0.1) is 0 Å². The van der Waals surface area contributed by atoms with Gasteiger partial charge in [0.2, 0.25) is 5.91 Å². The number of halogens is 3. The largest absolute Gasteiger partial charge is 0.407 e. The van der Waals surface area contributed by atoms with Gasteiger partial charge in [0, 0.05) is 13.1 Å². The molecule has 1 amide bonds. The zero-order chi connectivity index (χ0) is 16.0. The molecule has 21 heavy (non-hydrogen) atoms. The van der Waals surface area contributed by atoms with Crippen molar-refractivity contribution in [3.63, 3.8) is 0 Å². The van der Waals surface area contributed by atoms with E-state index >= 15 is 0 Å². The second-order valence-electron chi connectivity index (χ2n) is 4.78. The molecule has 0 heterocycles. The van der Waals surface area contributed by atoms with Crippen molar-refractivity contribution in [2.24, 2.45) is 0 Å². The molecule has 0 spiro atoms. The number of alkyl halides is 3. The summed E-state index contributed by atoms with van der Waals surface area (Å²) in [7, 11) is 0. The summed E-state index contributed by atoms with van der Waals surface area (Å²) in [5.74, 6) is -0.329. The molecule has 118 valence electrons. The van der Waals surface area contributed by atoms with Gasteiger partial charge in [0.1, 0.15) is 6.04 Å². The van der Waals surface area contributed by atoms with Gasteiger partial charge in [-0.2, -0.15) is 13.2 Å². The third-order valence-corrected chi connectivity index (χ3v) is 3.32. The molecule has 2 atom stereocenters. The van der Waals surface area contributed by atoms with Gasteiger partial charge in [-0.05, 0) is 26.3 Å². The first-order valence-corrected chi connectivity index (χ1v) is 6.97. The lowest BCUT2D eigenvalue weighted by Crippen LogP contribution is -2.48. The second kappa shape index (κ2) is 7.45. The normalized spacial score (nSPS) is 14.6. The van der Waals surface area contributed by atoms with E-state index in [1.807, 2.05) is 0 Å². The Balaban J connectivity index is 2.91. The molecule has 0 aliphatic heterocycles. The van der Waals surface area contributed by atoms with Gasteiger partial charge in [-0.25, -0.2) is 0 Å². The van der Waals surface area contributed by atoms with Crippen molar-refractivity contribution in [1.29, 1.82) is 0 Å². The fourth-order valence-corrected chi connectivity index (χ4v) is 2.16. The first kappa shape index (κ1) is 17.5. The van der Waals surface area contributed by atoms with E-state index in [-0.39, 0.29) is 11.5 Å². The van der Waals surface area contributed by atoms with Crippen molar-refractivity contribution in [2.75, 3.05) is 13.1 Å². The van der Waals surface area contributed by atoms with Crippen molar-refractivity contribution in [3.8, 4) is 0 Å². The molecular weight excluding hydrogens is 281 g/mol. The lowest BCUT2D eigenvalue weighted by molar-refractivity contribution is -0.161. The maximum Gasteiger partial charge on any atom is 0.407 e. The van der Waals surface area contributed by atoms with E-state index < -0.39 is 18.3 Å². The summed E-state index contributed by atoms with van der Waals surface area (Å²) in [6, 6.07) is 4.80. The minimum Gasteiger partial charge on any atom is -0.342 e. The Morgan fingerprint density at radius 3 is 2.14 bits per heavy atom. The van der Waals surface area contributed by atoms with Crippen LogP contribution in [0.3, 0.4) is 0 Å². The third-order valence-electron chi connectivity index (χ3n) is 3.32. The Kier molecular flexibility index (Phi) is 6.20. The summed E-state index contributed by atoms with van der Waals surface area (Å²) in [4.78, 5) is 13.6. The average molecular weight is 302 g/mol. The number of likely N-dealkylation sites (N-methyl/N-ethyl adjacent to an activating group) is 1. The SMILES string of the molecule is CCN(CC)C(=O)C(C)NC(c1ccccc1)C(F)(F)F. The van der Waals surface area contributed by atoms with Gasteiger partial charge in [-0.3, -0.25) is 10.1 Å². The topological polar surface area (TPSA) is 32.3 Å². The number of amides is 1. The Labute approximate surface area is 123 Å². The first-order valence-electron chi connectivity index (χ1n) is 6.97. The van der Waals surface area contributed by atoms with Crippen molar-refractivity contribution >= 4 is 5.91 Å². The van der Waals surface area contributed by atoms with Crippen LogP contribution in [-0.2, 0) is 4.79 Å². The van der Waals surface area contributed by atoms with E-state index in [1.54, 1.807) is 32.0 Å². The molecule has 1 aromatic carbocycles. The lowest BCUT2D eigenvalue weighted by atomic mass is 10.1. The molecule has 0 aliphatic rings. The minimum atomic E-state index is -4.46. The van der Waals surface area contributed by atoms with Gasteiger partial charge < -0.3 is 4.90 Å². The quantitative estimate of drug-likeness (QED) is 0.875. The summed E-state index contributed by atoms with van der Waals surface area (Å²) in [6.07, 6.45) is -4.46. The molecule has 0 bridgehead atoms. The van der Waals surface area contributed by atoms with E-state index in [9.17, 15) is 18.0 Å².